The van der Waals surface area contributed by atoms with Gasteiger partial charge in [0.2, 0.25) is 29.0 Å². The molecular weight excluding hydrogens is 470 g/mol. The summed E-state index contributed by atoms with van der Waals surface area (Å²) in [5.41, 5.74) is -1.01. The van der Waals surface area contributed by atoms with E-state index in [4.69, 9.17) is 21.1 Å². The zero-order chi connectivity index (χ0) is 24.5. The van der Waals surface area contributed by atoms with Crippen LogP contribution in [0.25, 0.3) is 0 Å². The molecule has 174 valence electrons. The van der Waals surface area contributed by atoms with Crippen LogP contribution in [0.1, 0.15) is 32.4 Å². The van der Waals surface area contributed by atoms with Crippen molar-refractivity contribution in [3.05, 3.63) is 94.5 Å². The predicted molar refractivity (Wildman–Crippen MR) is 126 cm³/mol. The van der Waals surface area contributed by atoms with E-state index >= 15 is 0 Å². The number of Topliss-reactive ketones (excluding diaryl/α,β-unsaturated/α-hetero) is 2. The maximum absolute atomic E-state index is 13.9. The minimum absolute atomic E-state index is 0.180. The monoisotopic (exact) mass is 487 g/mol. The van der Waals surface area contributed by atoms with Gasteiger partial charge < -0.3 is 9.47 Å². The lowest BCUT2D eigenvalue weighted by Crippen LogP contribution is -2.51. The van der Waals surface area contributed by atoms with Crippen molar-refractivity contribution in [2.24, 2.45) is 11.8 Å². The molecule has 2 heterocycles. The van der Waals surface area contributed by atoms with Crippen LogP contribution >= 0.6 is 11.6 Å². The SMILES string of the molecule is COc1ccc(N2C(=O)[C@H]3[C@@H](C2=O)C2(O[C@H]3c3ccccc3Cl)C(=O)c3ccccc3C2=O)cc1. The van der Waals surface area contributed by atoms with Crippen molar-refractivity contribution in [3.8, 4) is 5.75 Å². The van der Waals surface area contributed by atoms with Crippen molar-refractivity contribution in [2.45, 2.75) is 11.7 Å². The molecule has 2 fully saturated rings. The van der Waals surface area contributed by atoms with Crippen LogP contribution in [0.3, 0.4) is 0 Å². The lowest BCUT2D eigenvalue weighted by molar-refractivity contribution is -0.127. The minimum Gasteiger partial charge on any atom is -0.497 e. The van der Waals surface area contributed by atoms with E-state index in [9.17, 15) is 19.2 Å². The van der Waals surface area contributed by atoms with E-state index in [1.54, 1.807) is 60.7 Å². The van der Waals surface area contributed by atoms with Crippen LogP contribution in [0.15, 0.2) is 72.8 Å². The number of hydrogen-bond acceptors (Lipinski definition) is 6. The van der Waals surface area contributed by atoms with Crippen LogP contribution in [0, 0.1) is 11.8 Å². The summed E-state index contributed by atoms with van der Waals surface area (Å²) in [5.74, 6) is -4.31. The molecule has 35 heavy (non-hydrogen) atoms. The standard InChI is InChI=1S/C27H18ClNO6/c1-34-15-12-10-14(11-13-15)29-25(32)20-21(26(29)33)27(35-22(20)18-8-4-5-9-19(18)28)23(30)16-6-2-3-7-17(16)24(27)31/h2-13,20-22H,1H3/t20-,21-,22-/m0/s1. The zero-order valence-electron chi connectivity index (χ0n) is 18.4. The number of rotatable bonds is 3. The summed E-state index contributed by atoms with van der Waals surface area (Å²) in [6.45, 7) is 0. The normalized spacial score (nSPS) is 24.3. The molecule has 3 aliphatic rings. The van der Waals surface area contributed by atoms with E-state index in [1.807, 2.05) is 0 Å². The van der Waals surface area contributed by atoms with E-state index in [1.165, 1.54) is 19.2 Å². The number of hydrogen-bond donors (Lipinski definition) is 0. The Hall–Kier alpha value is -3.81. The first kappa shape index (κ1) is 21.7. The third kappa shape index (κ3) is 2.76. The Morgan fingerprint density at radius 1 is 0.829 bits per heavy atom. The molecule has 3 atom stereocenters. The van der Waals surface area contributed by atoms with Crippen LogP contribution in [0.5, 0.6) is 5.75 Å². The molecule has 7 nitrogen and oxygen atoms in total. The van der Waals surface area contributed by atoms with Crippen molar-refractivity contribution >= 4 is 40.7 Å². The predicted octanol–water partition coefficient (Wildman–Crippen LogP) is 4.04. The first-order valence-electron chi connectivity index (χ1n) is 11.0. The molecule has 3 aromatic rings. The number of imide groups is 1. The van der Waals surface area contributed by atoms with E-state index in [-0.39, 0.29) is 11.1 Å². The van der Waals surface area contributed by atoms with Gasteiger partial charge in [-0.1, -0.05) is 54.1 Å². The van der Waals surface area contributed by atoms with Crippen LogP contribution in [-0.4, -0.2) is 36.1 Å². The minimum atomic E-state index is -2.13. The number of carbonyl (C=O) groups is 4. The van der Waals surface area contributed by atoms with Gasteiger partial charge in [0.25, 0.3) is 0 Å². The highest BCUT2D eigenvalue weighted by atomic mass is 35.5. The number of carbonyl (C=O) groups excluding carboxylic acids is 4. The van der Waals surface area contributed by atoms with Gasteiger partial charge in [-0.2, -0.15) is 0 Å². The van der Waals surface area contributed by atoms with Gasteiger partial charge in [-0.3, -0.25) is 19.2 Å². The second-order valence-electron chi connectivity index (χ2n) is 8.71. The van der Waals surface area contributed by atoms with Crippen molar-refractivity contribution in [2.75, 3.05) is 12.0 Å². The van der Waals surface area contributed by atoms with Gasteiger partial charge in [-0.25, -0.2) is 4.90 Å². The molecule has 2 amide bonds. The Kier molecular flexibility index (Phi) is 4.71. The van der Waals surface area contributed by atoms with Crippen LogP contribution < -0.4 is 9.64 Å². The van der Waals surface area contributed by atoms with Gasteiger partial charge in [-0.15, -0.1) is 0 Å². The highest BCUT2D eigenvalue weighted by Crippen LogP contribution is 2.58. The number of ketones is 2. The summed E-state index contributed by atoms with van der Waals surface area (Å²) in [6, 6.07) is 19.5. The summed E-state index contributed by atoms with van der Waals surface area (Å²) in [4.78, 5) is 56.2. The number of amides is 2. The molecule has 0 unspecified atom stereocenters. The lowest BCUT2D eigenvalue weighted by Gasteiger charge is -2.27. The Morgan fingerprint density at radius 2 is 1.43 bits per heavy atom. The third-order valence-corrected chi connectivity index (χ3v) is 7.41. The van der Waals surface area contributed by atoms with Crippen LogP contribution in [-0.2, 0) is 14.3 Å². The van der Waals surface area contributed by atoms with Gasteiger partial charge in [0.15, 0.2) is 0 Å². The highest BCUT2D eigenvalue weighted by Gasteiger charge is 2.74. The molecule has 0 radical (unpaired) electrons. The fourth-order valence-corrected chi connectivity index (χ4v) is 5.73. The summed E-state index contributed by atoms with van der Waals surface area (Å²) >= 11 is 6.45. The second kappa shape index (κ2) is 7.60. The van der Waals surface area contributed by atoms with Gasteiger partial charge >= 0.3 is 0 Å². The van der Waals surface area contributed by atoms with Gasteiger partial charge in [0, 0.05) is 21.7 Å². The lowest BCUT2D eigenvalue weighted by atomic mass is 9.77. The largest absolute Gasteiger partial charge is 0.497 e. The smallest absolute Gasteiger partial charge is 0.241 e. The maximum atomic E-state index is 13.9. The molecule has 2 aliphatic heterocycles. The van der Waals surface area contributed by atoms with Crippen molar-refractivity contribution in [3.63, 3.8) is 0 Å². The average Bonchev–Trinajstić information content (AvgIpc) is 3.44. The fourth-order valence-electron chi connectivity index (χ4n) is 5.49. The number of nitrogens with zero attached hydrogens (tertiary/aromatic N) is 1. The van der Waals surface area contributed by atoms with E-state index in [0.717, 1.165) is 4.90 Å². The first-order valence-corrected chi connectivity index (χ1v) is 11.4. The second-order valence-corrected chi connectivity index (χ2v) is 9.12. The molecule has 6 rings (SSSR count). The van der Waals surface area contributed by atoms with Gasteiger partial charge in [-0.05, 0) is 30.3 Å². The molecule has 1 aliphatic carbocycles. The summed E-state index contributed by atoms with van der Waals surface area (Å²) < 4.78 is 11.4. The molecule has 8 heteroatoms. The molecule has 1 spiro atoms. The Balaban J connectivity index is 1.54. The zero-order valence-corrected chi connectivity index (χ0v) is 19.2. The quantitative estimate of drug-likeness (QED) is 0.409. The Labute approximate surface area is 205 Å². The van der Waals surface area contributed by atoms with E-state index in [2.05, 4.69) is 0 Å². The van der Waals surface area contributed by atoms with E-state index < -0.39 is 46.9 Å². The number of benzene rings is 3. The van der Waals surface area contributed by atoms with Gasteiger partial charge in [0.1, 0.15) is 5.75 Å². The summed E-state index contributed by atoms with van der Waals surface area (Å²) in [5, 5.41) is 0.312. The summed E-state index contributed by atoms with van der Waals surface area (Å²) in [7, 11) is 1.51. The average molecular weight is 488 g/mol. The van der Waals surface area contributed by atoms with Crippen molar-refractivity contribution in [1.29, 1.82) is 0 Å². The molecule has 0 N–H and O–H groups in total. The maximum Gasteiger partial charge on any atom is 0.241 e. The number of methoxy groups -OCH3 is 1. The van der Waals surface area contributed by atoms with Crippen LogP contribution in [0.4, 0.5) is 5.69 Å². The number of fused-ring (bicyclic) bond motifs is 3. The number of ether oxygens (including phenoxy) is 2. The van der Waals surface area contributed by atoms with E-state index in [0.29, 0.717) is 22.0 Å². The first-order chi connectivity index (χ1) is 16.9. The topological polar surface area (TPSA) is 90.0 Å². The molecule has 0 bridgehead atoms. The molecule has 0 aromatic heterocycles. The molecular formula is C27H18ClNO6. The van der Waals surface area contributed by atoms with Gasteiger partial charge in [0.05, 0.1) is 30.7 Å². The number of anilines is 1. The molecule has 3 aromatic carbocycles. The highest BCUT2D eigenvalue weighted by molar-refractivity contribution is 6.37. The fraction of sp³-hybridized carbons (Fsp3) is 0.185. The van der Waals surface area contributed by atoms with Crippen molar-refractivity contribution in [1.82, 2.24) is 0 Å². The summed E-state index contributed by atoms with van der Waals surface area (Å²) in [6.07, 6.45) is -1.06. The Morgan fingerprint density at radius 3 is 2.03 bits per heavy atom. The number of halogens is 1. The van der Waals surface area contributed by atoms with Crippen LogP contribution in [0.2, 0.25) is 5.02 Å². The Bertz CT molecular complexity index is 1400. The van der Waals surface area contributed by atoms with Crippen molar-refractivity contribution < 1.29 is 28.7 Å². The molecule has 0 saturated carbocycles. The molecule has 2 saturated heterocycles. The third-order valence-electron chi connectivity index (χ3n) is 7.06.